The van der Waals surface area contributed by atoms with Crippen molar-refractivity contribution in [2.24, 2.45) is 0 Å². The lowest BCUT2D eigenvalue weighted by atomic mass is 9.86. The number of thiophene rings is 1. The van der Waals surface area contributed by atoms with Gasteiger partial charge in [0.1, 0.15) is 16.4 Å². The quantitative estimate of drug-likeness (QED) is 0.614. The van der Waals surface area contributed by atoms with Crippen molar-refractivity contribution in [1.82, 2.24) is 15.3 Å². The lowest BCUT2D eigenvalue weighted by Crippen LogP contribution is -2.66. The van der Waals surface area contributed by atoms with E-state index in [0.717, 1.165) is 30.6 Å². The van der Waals surface area contributed by atoms with Gasteiger partial charge in [0.2, 0.25) is 0 Å². The summed E-state index contributed by atoms with van der Waals surface area (Å²) in [6, 6.07) is 1.53. The highest BCUT2D eigenvalue weighted by molar-refractivity contribution is 7.93. The number of nitrogens with zero attached hydrogens (tertiary/aromatic N) is 2. The maximum Gasteiger partial charge on any atom is 0.265 e. The van der Waals surface area contributed by atoms with Crippen LogP contribution in [0.3, 0.4) is 0 Å². The van der Waals surface area contributed by atoms with E-state index in [1.165, 1.54) is 18.5 Å². The average Bonchev–Trinajstić information content (AvgIpc) is 3.11. The van der Waals surface area contributed by atoms with Crippen LogP contribution in [0.15, 0.2) is 18.5 Å². The highest BCUT2D eigenvalue weighted by Gasteiger charge is 2.56. The first kappa shape index (κ1) is 22.2. The zero-order valence-corrected chi connectivity index (χ0v) is 19.7. The Hall–Kier alpha value is -2.04. The minimum atomic E-state index is -3.59. The molecule has 1 atom stereocenters. The van der Waals surface area contributed by atoms with Gasteiger partial charge in [0.05, 0.1) is 44.1 Å². The summed E-state index contributed by atoms with van der Waals surface area (Å²) in [7, 11) is -3.59. The average molecular weight is 482 g/mol. The fourth-order valence-corrected chi connectivity index (χ4v) is 8.57. The molecule has 1 aliphatic carbocycles. The summed E-state index contributed by atoms with van der Waals surface area (Å²) in [5.74, 6) is 0.0743. The SMILES string of the molecule is Cc1ncc(NC(=O)c2cc(Cl)c([C@]3(C)CS(=O)(=O)C4(CCCCC4)C(=N)N3)s2)cn1. The van der Waals surface area contributed by atoms with Crippen molar-refractivity contribution in [2.45, 2.75) is 56.2 Å². The Morgan fingerprint density at radius 1 is 1.26 bits per heavy atom. The number of nitrogens with one attached hydrogen (secondary N) is 3. The van der Waals surface area contributed by atoms with E-state index in [-0.39, 0.29) is 17.5 Å². The fraction of sp³-hybridized carbons (Fsp3) is 0.500. The molecule has 1 spiro atoms. The summed E-state index contributed by atoms with van der Waals surface area (Å²) in [5.41, 5.74) is -0.626. The maximum atomic E-state index is 13.4. The molecule has 31 heavy (non-hydrogen) atoms. The predicted octanol–water partition coefficient (Wildman–Crippen LogP) is 3.67. The Morgan fingerprint density at radius 3 is 2.52 bits per heavy atom. The molecule has 3 N–H and O–H groups in total. The van der Waals surface area contributed by atoms with E-state index in [0.29, 0.717) is 39.1 Å². The summed E-state index contributed by atoms with van der Waals surface area (Å²) in [4.78, 5) is 21.7. The predicted molar refractivity (Wildman–Crippen MR) is 122 cm³/mol. The number of aryl methyl sites for hydroxylation is 1. The number of hydrogen-bond acceptors (Lipinski definition) is 7. The molecule has 1 amide bonds. The van der Waals surface area contributed by atoms with E-state index in [1.807, 2.05) is 0 Å². The molecule has 3 heterocycles. The number of carbonyl (C=O) groups excluding carboxylic acids is 1. The van der Waals surface area contributed by atoms with Crippen LogP contribution < -0.4 is 10.6 Å². The van der Waals surface area contributed by atoms with Gasteiger partial charge in [-0.3, -0.25) is 10.2 Å². The third kappa shape index (κ3) is 3.85. The lowest BCUT2D eigenvalue weighted by molar-refractivity contribution is 0.103. The van der Waals surface area contributed by atoms with Gasteiger partial charge in [-0.15, -0.1) is 11.3 Å². The van der Waals surface area contributed by atoms with E-state index in [9.17, 15) is 13.2 Å². The molecule has 166 valence electrons. The largest absolute Gasteiger partial charge is 0.362 e. The highest BCUT2D eigenvalue weighted by Crippen LogP contribution is 2.45. The van der Waals surface area contributed by atoms with Crippen LogP contribution in [-0.4, -0.2) is 40.6 Å². The first-order valence-electron chi connectivity index (χ1n) is 10.1. The van der Waals surface area contributed by atoms with Gasteiger partial charge in [-0.05, 0) is 32.8 Å². The van der Waals surface area contributed by atoms with Crippen LogP contribution in [0.1, 0.15) is 59.4 Å². The van der Waals surface area contributed by atoms with Crippen molar-refractivity contribution in [3.8, 4) is 0 Å². The first-order valence-corrected chi connectivity index (χ1v) is 12.9. The molecular formula is C20H24ClN5O3S2. The second-order valence-electron chi connectivity index (χ2n) is 8.41. The number of aromatic nitrogens is 2. The van der Waals surface area contributed by atoms with Gasteiger partial charge >= 0.3 is 0 Å². The molecule has 0 bridgehead atoms. The number of hydrogen-bond donors (Lipinski definition) is 3. The van der Waals surface area contributed by atoms with E-state index in [1.54, 1.807) is 13.8 Å². The van der Waals surface area contributed by atoms with Crippen molar-refractivity contribution >= 4 is 50.2 Å². The second-order valence-corrected chi connectivity index (χ2v) is 12.2. The molecule has 8 nitrogen and oxygen atoms in total. The topological polar surface area (TPSA) is 125 Å². The normalized spacial score (nSPS) is 24.5. The van der Waals surface area contributed by atoms with Gasteiger partial charge in [-0.2, -0.15) is 0 Å². The van der Waals surface area contributed by atoms with Crippen LogP contribution in [0.5, 0.6) is 0 Å². The summed E-state index contributed by atoms with van der Waals surface area (Å²) >= 11 is 7.58. The molecule has 4 rings (SSSR count). The van der Waals surface area contributed by atoms with Crippen LogP contribution >= 0.6 is 22.9 Å². The maximum absolute atomic E-state index is 13.4. The Morgan fingerprint density at radius 2 is 1.90 bits per heavy atom. The van der Waals surface area contributed by atoms with Crippen molar-refractivity contribution in [3.05, 3.63) is 39.1 Å². The van der Waals surface area contributed by atoms with E-state index in [4.69, 9.17) is 17.0 Å². The van der Waals surface area contributed by atoms with Crippen molar-refractivity contribution < 1.29 is 13.2 Å². The monoisotopic (exact) mass is 481 g/mol. The minimum absolute atomic E-state index is 0.0354. The van der Waals surface area contributed by atoms with Crippen LogP contribution in [0.25, 0.3) is 0 Å². The number of amides is 1. The van der Waals surface area contributed by atoms with Gasteiger partial charge in [-0.1, -0.05) is 30.9 Å². The van der Waals surface area contributed by atoms with Gasteiger partial charge in [0, 0.05) is 0 Å². The molecule has 0 aromatic carbocycles. The summed E-state index contributed by atoms with van der Waals surface area (Å²) in [6.07, 6.45) is 6.56. The molecule has 11 heteroatoms. The molecule has 2 aliphatic rings. The van der Waals surface area contributed by atoms with Crippen molar-refractivity contribution in [2.75, 3.05) is 11.1 Å². The highest BCUT2D eigenvalue weighted by atomic mass is 35.5. The Kier molecular flexibility index (Phi) is 5.60. The minimum Gasteiger partial charge on any atom is -0.362 e. The number of anilines is 1. The molecule has 1 aliphatic heterocycles. The van der Waals surface area contributed by atoms with Crippen LogP contribution in [0.2, 0.25) is 5.02 Å². The number of amidine groups is 1. The smallest absolute Gasteiger partial charge is 0.265 e. The molecule has 0 radical (unpaired) electrons. The van der Waals surface area contributed by atoms with Gasteiger partial charge < -0.3 is 10.6 Å². The summed E-state index contributed by atoms with van der Waals surface area (Å²) < 4.78 is 25.6. The molecule has 2 aromatic rings. The standard InChI is InChI=1S/C20H24ClN5O3S2/c1-12-23-9-13(10-24-12)25-17(27)15-8-14(21)16(30-15)19(2)11-31(28,29)20(18(22)26-19)6-4-3-5-7-20/h8-10H,3-7,11H2,1-2H3,(H2,22,26)(H,25,27)/t19-/m0/s1. The lowest BCUT2D eigenvalue weighted by Gasteiger charge is -2.47. The van der Waals surface area contributed by atoms with E-state index >= 15 is 0 Å². The summed E-state index contributed by atoms with van der Waals surface area (Å²) in [6.45, 7) is 3.47. The number of carbonyl (C=O) groups is 1. The number of rotatable bonds is 3. The molecule has 2 fully saturated rings. The number of halogens is 1. The third-order valence-electron chi connectivity index (χ3n) is 6.04. The van der Waals surface area contributed by atoms with Crippen molar-refractivity contribution in [3.63, 3.8) is 0 Å². The molecule has 1 saturated carbocycles. The van der Waals surface area contributed by atoms with Crippen LogP contribution in [0, 0.1) is 12.3 Å². The molecule has 1 saturated heterocycles. The Balaban J connectivity index is 1.61. The Bertz CT molecular complexity index is 1140. The van der Waals surface area contributed by atoms with E-state index in [2.05, 4.69) is 20.6 Å². The summed E-state index contributed by atoms with van der Waals surface area (Å²) in [5, 5.41) is 14.8. The zero-order valence-electron chi connectivity index (χ0n) is 17.3. The first-order chi connectivity index (χ1) is 14.6. The molecular weight excluding hydrogens is 458 g/mol. The van der Waals surface area contributed by atoms with Gasteiger partial charge in [0.25, 0.3) is 5.91 Å². The second kappa shape index (κ2) is 7.83. The van der Waals surface area contributed by atoms with Crippen LogP contribution in [-0.2, 0) is 15.4 Å². The van der Waals surface area contributed by atoms with E-state index < -0.39 is 20.1 Å². The molecule has 2 aromatic heterocycles. The molecule has 0 unspecified atom stereocenters. The van der Waals surface area contributed by atoms with Crippen molar-refractivity contribution in [1.29, 1.82) is 5.41 Å². The van der Waals surface area contributed by atoms with Gasteiger partial charge in [0.15, 0.2) is 9.84 Å². The number of sulfone groups is 1. The van der Waals surface area contributed by atoms with Crippen LogP contribution in [0.4, 0.5) is 5.69 Å². The van der Waals surface area contributed by atoms with Gasteiger partial charge in [-0.25, -0.2) is 18.4 Å². The zero-order chi connectivity index (χ0) is 22.4. The Labute approximate surface area is 190 Å². The third-order valence-corrected chi connectivity index (χ3v) is 10.6. The fourth-order valence-electron chi connectivity index (χ4n) is 4.41.